The van der Waals surface area contributed by atoms with Crippen LogP contribution in [0.2, 0.25) is 0 Å². The highest BCUT2D eigenvalue weighted by molar-refractivity contribution is 7.88. The van der Waals surface area contributed by atoms with E-state index in [0.717, 1.165) is 10.6 Å². The number of carbonyl (C=O) groups is 1. The van der Waals surface area contributed by atoms with Gasteiger partial charge in [0.05, 0.1) is 25.1 Å². The number of ether oxygens (including phenoxy) is 1. The van der Waals surface area contributed by atoms with Crippen molar-refractivity contribution in [1.82, 2.24) is 4.31 Å². The summed E-state index contributed by atoms with van der Waals surface area (Å²) in [4.78, 5) is 11.8. The predicted molar refractivity (Wildman–Crippen MR) is 73.7 cm³/mol. The third kappa shape index (κ3) is 4.88. The smallest absolute Gasteiger partial charge is 0.239 e. The summed E-state index contributed by atoms with van der Waals surface area (Å²) in [7, 11) is -2.02. The maximum atomic E-state index is 11.8. The number of hydrogen-bond donors (Lipinski definition) is 1. The van der Waals surface area contributed by atoms with Crippen molar-refractivity contribution in [2.24, 2.45) is 0 Å². The first kappa shape index (κ1) is 15.5. The fourth-order valence-corrected chi connectivity index (χ4v) is 1.71. The van der Waals surface area contributed by atoms with Crippen LogP contribution in [0.15, 0.2) is 24.3 Å². The molecule has 0 saturated carbocycles. The number of sulfonamides is 1. The molecule has 0 bridgehead atoms. The minimum atomic E-state index is -3.37. The summed E-state index contributed by atoms with van der Waals surface area (Å²) in [5, 5.41) is 2.63. The molecule has 19 heavy (non-hydrogen) atoms. The summed E-state index contributed by atoms with van der Waals surface area (Å²) >= 11 is 0. The molecule has 0 aliphatic carbocycles. The number of nitrogens with one attached hydrogen (secondary N) is 1. The first-order valence-corrected chi connectivity index (χ1v) is 7.62. The fraction of sp³-hybridized carbons (Fsp3) is 0.417. The molecule has 1 rings (SSSR count). The molecule has 0 unspecified atom stereocenters. The van der Waals surface area contributed by atoms with Crippen molar-refractivity contribution in [3.63, 3.8) is 0 Å². The Hall–Kier alpha value is -1.60. The van der Waals surface area contributed by atoms with Crippen LogP contribution in [-0.2, 0) is 14.8 Å². The normalized spacial score (nSPS) is 11.4. The molecule has 0 fully saturated rings. The van der Waals surface area contributed by atoms with E-state index in [-0.39, 0.29) is 6.54 Å². The summed E-state index contributed by atoms with van der Waals surface area (Å²) in [6.45, 7) is 2.09. The zero-order valence-electron chi connectivity index (χ0n) is 11.2. The highest BCUT2D eigenvalue weighted by Gasteiger charge is 2.16. The zero-order chi connectivity index (χ0) is 14.5. The van der Waals surface area contributed by atoms with Crippen LogP contribution in [0.4, 0.5) is 5.69 Å². The average molecular weight is 286 g/mol. The lowest BCUT2D eigenvalue weighted by molar-refractivity contribution is -0.116. The Morgan fingerprint density at radius 3 is 2.58 bits per heavy atom. The van der Waals surface area contributed by atoms with Crippen molar-refractivity contribution in [3.05, 3.63) is 24.3 Å². The van der Waals surface area contributed by atoms with Crippen molar-refractivity contribution in [3.8, 4) is 5.75 Å². The predicted octanol–water partition coefficient (Wildman–Crippen LogP) is 0.915. The van der Waals surface area contributed by atoms with Gasteiger partial charge in [-0.15, -0.1) is 0 Å². The van der Waals surface area contributed by atoms with Gasteiger partial charge in [0.2, 0.25) is 15.9 Å². The molecule has 0 aliphatic rings. The summed E-state index contributed by atoms with van der Waals surface area (Å²) in [5.74, 6) is 0.139. The average Bonchev–Trinajstić information content (AvgIpc) is 2.30. The number of para-hydroxylation sites is 2. The van der Waals surface area contributed by atoms with E-state index in [4.69, 9.17) is 4.74 Å². The van der Waals surface area contributed by atoms with E-state index in [9.17, 15) is 13.2 Å². The minimum absolute atomic E-state index is 0.237. The van der Waals surface area contributed by atoms with E-state index in [1.807, 2.05) is 6.92 Å². The second-order valence-electron chi connectivity index (χ2n) is 4.00. The number of anilines is 1. The number of amides is 1. The van der Waals surface area contributed by atoms with Gasteiger partial charge in [0.15, 0.2) is 0 Å². The molecule has 0 spiro atoms. The quantitative estimate of drug-likeness (QED) is 0.843. The van der Waals surface area contributed by atoms with Crippen LogP contribution in [0.25, 0.3) is 0 Å². The Balaban J connectivity index is 2.72. The fourth-order valence-electron chi connectivity index (χ4n) is 1.36. The molecule has 1 aromatic carbocycles. The number of rotatable bonds is 6. The Morgan fingerprint density at radius 2 is 2.00 bits per heavy atom. The van der Waals surface area contributed by atoms with Crippen LogP contribution in [0.3, 0.4) is 0 Å². The summed E-state index contributed by atoms with van der Waals surface area (Å²) < 4.78 is 28.8. The molecule has 0 aromatic heterocycles. The number of hydrogen-bond acceptors (Lipinski definition) is 4. The van der Waals surface area contributed by atoms with E-state index in [1.165, 1.54) is 7.05 Å². The summed E-state index contributed by atoms with van der Waals surface area (Å²) in [6, 6.07) is 6.99. The maximum Gasteiger partial charge on any atom is 0.239 e. The zero-order valence-corrected chi connectivity index (χ0v) is 12.0. The third-order valence-corrected chi connectivity index (χ3v) is 3.65. The molecule has 106 valence electrons. The largest absolute Gasteiger partial charge is 0.492 e. The van der Waals surface area contributed by atoms with Crippen molar-refractivity contribution in [2.45, 2.75) is 6.92 Å². The van der Waals surface area contributed by atoms with Gasteiger partial charge in [0.25, 0.3) is 0 Å². The second-order valence-corrected chi connectivity index (χ2v) is 6.09. The van der Waals surface area contributed by atoms with Crippen molar-refractivity contribution >= 4 is 21.6 Å². The van der Waals surface area contributed by atoms with Gasteiger partial charge in [-0.05, 0) is 19.1 Å². The SMILES string of the molecule is CCOc1ccccc1NC(=O)CN(C)S(C)(=O)=O. The Bertz CT molecular complexity index is 542. The minimum Gasteiger partial charge on any atom is -0.492 e. The molecule has 0 heterocycles. The lowest BCUT2D eigenvalue weighted by Crippen LogP contribution is -2.34. The molecule has 0 aliphatic heterocycles. The number of benzene rings is 1. The van der Waals surface area contributed by atoms with Gasteiger partial charge < -0.3 is 10.1 Å². The first-order chi connectivity index (χ1) is 8.84. The van der Waals surface area contributed by atoms with Crippen LogP contribution in [0.5, 0.6) is 5.75 Å². The number of likely N-dealkylation sites (N-methyl/N-ethyl adjacent to an activating group) is 1. The third-order valence-electron chi connectivity index (χ3n) is 2.39. The van der Waals surface area contributed by atoms with Crippen LogP contribution >= 0.6 is 0 Å². The maximum absolute atomic E-state index is 11.8. The molecular weight excluding hydrogens is 268 g/mol. The number of nitrogens with zero attached hydrogens (tertiary/aromatic N) is 1. The summed E-state index contributed by atoms with van der Waals surface area (Å²) in [5.41, 5.74) is 0.524. The van der Waals surface area contributed by atoms with Gasteiger partial charge >= 0.3 is 0 Å². The number of carbonyl (C=O) groups excluding carboxylic acids is 1. The van der Waals surface area contributed by atoms with E-state index in [1.54, 1.807) is 24.3 Å². The van der Waals surface area contributed by atoms with E-state index in [2.05, 4.69) is 5.32 Å². The molecule has 0 atom stereocenters. The van der Waals surface area contributed by atoms with Crippen LogP contribution < -0.4 is 10.1 Å². The first-order valence-electron chi connectivity index (χ1n) is 5.77. The van der Waals surface area contributed by atoms with E-state index in [0.29, 0.717) is 18.0 Å². The molecular formula is C12H18N2O4S. The monoisotopic (exact) mass is 286 g/mol. The van der Waals surface area contributed by atoms with Crippen molar-refractivity contribution in [1.29, 1.82) is 0 Å². The molecule has 1 aromatic rings. The van der Waals surface area contributed by atoms with E-state index < -0.39 is 15.9 Å². The van der Waals surface area contributed by atoms with Crippen LogP contribution in [-0.4, -0.2) is 45.1 Å². The Morgan fingerprint density at radius 1 is 1.37 bits per heavy atom. The molecule has 0 radical (unpaired) electrons. The molecule has 1 amide bonds. The molecule has 7 heteroatoms. The Kier molecular flexibility index (Phi) is 5.31. The van der Waals surface area contributed by atoms with Crippen molar-refractivity contribution in [2.75, 3.05) is 31.8 Å². The van der Waals surface area contributed by atoms with Crippen LogP contribution in [0.1, 0.15) is 6.92 Å². The Labute approximate surface area is 113 Å². The topological polar surface area (TPSA) is 75.7 Å². The van der Waals surface area contributed by atoms with Gasteiger partial charge in [-0.1, -0.05) is 12.1 Å². The highest BCUT2D eigenvalue weighted by atomic mass is 32.2. The summed E-state index contributed by atoms with van der Waals surface area (Å²) in [6.07, 6.45) is 1.05. The second kappa shape index (κ2) is 6.53. The van der Waals surface area contributed by atoms with Crippen molar-refractivity contribution < 1.29 is 17.9 Å². The molecule has 0 saturated heterocycles. The van der Waals surface area contributed by atoms with Gasteiger partial charge in [-0.2, -0.15) is 4.31 Å². The van der Waals surface area contributed by atoms with Gasteiger partial charge in [-0.25, -0.2) is 8.42 Å². The molecule has 1 N–H and O–H groups in total. The standard InChI is InChI=1S/C12H18N2O4S/c1-4-18-11-8-6-5-7-10(11)13-12(15)9-14(2)19(3,16)17/h5-8H,4,9H2,1-3H3,(H,13,15). The van der Waals surface area contributed by atoms with E-state index >= 15 is 0 Å². The lowest BCUT2D eigenvalue weighted by atomic mass is 10.3. The highest BCUT2D eigenvalue weighted by Crippen LogP contribution is 2.23. The molecule has 6 nitrogen and oxygen atoms in total. The van der Waals surface area contributed by atoms with Gasteiger partial charge in [0, 0.05) is 7.05 Å². The lowest BCUT2D eigenvalue weighted by Gasteiger charge is -2.15. The van der Waals surface area contributed by atoms with Gasteiger partial charge in [-0.3, -0.25) is 4.79 Å². The van der Waals surface area contributed by atoms with Gasteiger partial charge in [0.1, 0.15) is 5.75 Å². The van der Waals surface area contributed by atoms with Crippen LogP contribution in [0, 0.1) is 0 Å².